The Morgan fingerprint density at radius 2 is 1.97 bits per heavy atom. The predicted octanol–water partition coefficient (Wildman–Crippen LogP) is 1.37. The highest BCUT2D eigenvalue weighted by atomic mass is 32.2. The number of benzene rings is 2. The fourth-order valence-corrected chi connectivity index (χ4v) is 4.15. The first-order valence-corrected chi connectivity index (χ1v) is 11.1. The third-order valence-corrected chi connectivity index (χ3v) is 5.86. The van der Waals surface area contributed by atoms with Crippen LogP contribution in [-0.4, -0.2) is 58.9 Å². The Balaban J connectivity index is 1.48. The van der Waals surface area contributed by atoms with Crippen molar-refractivity contribution in [3.8, 4) is 5.75 Å². The number of ether oxygens (including phenoxy) is 1. The van der Waals surface area contributed by atoms with Crippen molar-refractivity contribution in [3.63, 3.8) is 0 Å². The van der Waals surface area contributed by atoms with Crippen LogP contribution in [0.3, 0.4) is 0 Å². The monoisotopic (exact) mass is 430 g/mol. The van der Waals surface area contributed by atoms with E-state index >= 15 is 0 Å². The second-order valence-electron chi connectivity index (χ2n) is 7.16. The first-order valence-electron chi connectivity index (χ1n) is 9.65. The number of aliphatic imine (C=N–C) groups is 1. The Hall–Kier alpha value is -2.91. The number of rotatable bonds is 9. The van der Waals surface area contributed by atoms with Crippen LogP contribution in [-0.2, 0) is 21.4 Å². The summed E-state index contributed by atoms with van der Waals surface area (Å²) in [4.78, 5) is 18.7. The molecule has 1 aliphatic rings. The van der Waals surface area contributed by atoms with Gasteiger partial charge in [0.25, 0.3) is 10.0 Å². The number of amides is 1. The van der Waals surface area contributed by atoms with Crippen LogP contribution in [0.5, 0.6) is 5.75 Å². The number of carbonyl (C=O) groups excluding carboxylic acids is 1. The molecule has 0 unspecified atom stereocenters. The van der Waals surface area contributed by atoms with E-state index in [4.69, 9.17) is 4.74 Å². The van der Waals surface area contributed by atoms with Gasteiger partial charge in [0.05, 0.1) is 11.4 Å². The van der Waals surface area contributed by atoms with Crippen molar-refractivity contribution in [2.45, 2.75) is 17.9 Å². The summed E-state index contributed by atoms with van der Waals surface area (Å²) in [6.07, 6.45) is 0.159. The average Bonchev–Trinajstić information content (AvgIpc) is 2.97. The van der Waals surface area contributed by atoms with Crippen molar-refractivity contribution in [2.24, 2.45) is 4.99 Å². The summed E-state index contributed by atoms with van der Waals surface area (Å²) in [6, 6.07) is 14.2. The smallest absolute Gasteiger partial charge is 0.263 e. The summed E-state index contributed by atoms with van der Waals surface area (Å²) in [5.74, 6) is 0.885. The maximum atomic E-state index is 12.1. The Labute approximate surface area is 177 Å². The van der Waals surface area contributed by atoms with Gasteiger partial charge in [-0.15, -0.1) is 0 Å². The van der Waals surface area contributed by atoms with Crippen molar-refractivity contribution in [2.75, 3.05) is 33.8 Å². The first-order chi connectivity index (χ1) is 14.3. The Bertz CT molecular complexity index is 1030. The molecular weight excluding hydrogens is 404 g/mol. The SMILES string of the molecule is CN(C)CCOc1cccc(CNC(=O)CCN=C2NS(=O)(=O)c3ccccc32)c1. The number of sulfonamides is 1. The number of hydrogen-bond acceptors (Lipinski definition) is 6. The molecule has 0 aliphatic carbocycles. The van der Waals surface area contributed by atoms with E-state index in [0.29, 0.717) is 18.7 Å². The van der Waals surface area contributed by atoms with Gasteiger partial charge in [0.1, 0.15) is 18.2 Å². The van der Waals surface area contributed by atoms with Crippen molar-refractivity contribution < 1.29 is 17.9 Å². The minimum absolute atomic E-state index is 0.159. The maximum absolute atomic E-state index is 12.1. The number of fused-ring (bicyclic) bond motifs is 1. The number of nitrogens with zero attached hydrogens (tertiary/aromatic N) is 2. The van der Waals surface area contributed by atoms with Crippen LogP contribution < -0.4 is 14.8 Å². The third-order valence-electron chi connectivity index (χ3n) is 4.47. The van der Waals surface area contributed by atoms with Crippen molar-refractivity contribution in [1.82, 2.24) is 14.9 Å². The molecular formula is C21H26N4O4S. The van der Waals surface area contributed by atoms with Gasteiger partial charge in [-0.1, -0.05) is 24.3 Å². The molecule has 1 aliphatic heterocycles. The lowest BCUT2D eigenvalue weighted by molar-refractivity contribution is -0.121. The minimum Gasteiger partial charge on any atom is -0.492 e. The molecule has 0 bridgehead atoms. The average molecular weight is 431 g/mol. The number of hydrogen-bond donors (Lipinski definition) is 2. The van der Waals surface area contributed by atoms with E-state index in [-0.39, 0.29) is 29.6 Å². The number of nitrogens with one attached hydrogen (secondary N) is 2. The molecule has 1 heterocycles. The van der Waals surface area contributed by atoms with Crippen LogP contribution in [0, 0.1) is 0 Å². The molecule has 0 aromatic heterocycles. The van der Waals surface area contributed by atoms with Crippen molar-refractivity contribution >= 4 is 21.8 Å². The number of carbonyl (C=O) groups is 1. The fraction of sp³-hybridized carbons (Fsp3) is 0.333. The molecule has 9 heteroatoms. The molecule has 8 nitrogen and oxygen atoms in total. The van der Waals surface area contributed by atoms with Crippen LogP contribution in [0.25, 0.3) is 0 Å². The van der Waals surface area contributed by atoms with Crippen LogP contribution in [0.15, 0.2) is 58.4 Å². The zero-order valence-corrected chi connectivity index (χ0v) is 17.9. The molecule has 2 N–H and O–H groups in total. The molecule has 2 aromatic rings. The normalized spacial score (nSPS) is 15.6. The van der Waals surface area contributed by atoms with E-state index in [1.165, 1.54) is 6.07 Å². The number of likely N-dealkylation sites (N-methyl/N-ethyl adjacent to an activating group) is 1. The highest BCUT2D eigenvalue weighted by Crippen LogP contribution is 2.22. The van der Waals surface area contributed by atoms with Crippen LogP contribution in [0.2, 0.25) is 0 Å². The zero-order chi connectivity index (χ0) is 21.6. The highest BCUT2D eigenvalue weighted by molar-refractivity contribution is 7.90. The van der Waals surface area contributed by atoms with Crippen LogP contribution in [0.1, 0.15) is 17.5 Å². The summed E-state index contributed by atoms with van der Waals surface area (Å²) in [7, 11) is 0.410. The van der Waals surface area contributed by atoms with Gasteiger partial charge < -0.3 is 15.0 Å². The second-order valence-corrected chi connectivity index (χ2v) is 8.81. The molecule has 0 radical (unpaired) electrons. The van der Waals surface area contributed by atoms with Crippen LogP contribution >= 0.6 is 0 Å². The molecule has 0 spiro atoms. The summed E-state index contributed by atoms with van der Waals surface area (Å²) in [5, 5.41) is 2.85. The number of amidine groups is 1. The maximum Gasteiger partial charge on any atom is 0.263 e. The third kappa shape index (κ3) is 5.80. The summed E-state index contributed by atoms with van der Waals surface area (Å²) in [6.45, 7) is 1.99. The summed E-state index contributed by atoms with van der Waals surface area (Å²) >= 11 is 0. The highest BCUT2D eigenvalue weighted by Gasteiger charge is 2.29. The van der Waals surface area contributed by atoms with E-state index in [9.17, 15) is 13.2 Å². The second kappa shape index (κ2) is 9.73. The molecule has 3 rings (SSSR count). The molecule has 1 amide bonds. The van der Waals surface area contributed by atoms with E-state index < -0.39 is 10.0 Å². The van der Waals surface area contributed by atoms with Gasteiger partial charge in [0, 0.05) is 25.1 Å². The molecule has 0 fully saturated rings. The molecule has 2 aromatic carbocycles. The van der Waals surface area contributed by atoms with Gasteiger partial charge >= 0.3 is 0 Å². The van der Waals surface area contributed by atoms with Gasteiger partial charge in [-0.3, -0.25) is 14.5 Å². The molecule has 30 heavy (non-hydrogen) atoms. The molecule has 0 atom stereocenters. The summed E-state index contributed by atoms with van der Waals surface area (Å²) in [5.41, 5.74) is 1.47. The van der Waals surface area contributed by atoms with E-state index in [2.05, 4.69) is 15.0 Å². The van der Waals surface area contributed by atoms with Crippen molar-refractivity contribution in [3.05, 3.63) is 59.7 Å². The quantitative estimate of drug-likeness (QED) is 0.626. The minimum atomic E-state index is -3.56. The van der Waals surface area contributed by atoms with Gasteiger partial charge in [-0.2, -0.15) is 0 Å². The lowest BCUT2D eigenvalue weighted by Gasteiger charge is -2.12. The van der Waals surface area contributed by atoms with E-state index in [1.807, 2.05) is 43.3 Å². The van der Waals surface area contributed by atoms with Gasteiger partial charge in [-0.05, 0) is 43.9 Å². The lowest BCUT2D eigenvalue weighted by Crippen LogP contribution is -2.25. The van der Waals surface area contributed by atoms with E-state index in [1.54, 1.807) is 18.2 Å². The zero-order valence-electron chi connectivity index (χ0n) is 17.1. The Morgan fingerprint density at radius 1 is 1.17 bits per heavy atom. The topological polar surface area (TPSA) is 100 Å². The standard InChI is InChI=1S/C21H26N4O4S/c1-25(2)12-13-29-17-7-5-6-16(14-17)15-23-20(26)10-11-22-21-18-8-3-4-9-19(18)30(27,28)24-21/h3-9,14H,10-13,15H2,1-2H3,(H,22,24)(H,23,26). The Morgan fingerprint density at radius 3 is 2.77 bits per heavy atom. The van der Waals surface area contributed by atoms with Gasteiger partial charge in [0.15, 0.2) is 0 Å². The molecule has 0 saturated carbocycles. The van der Waals surface area contributed by atoms with Crippen molar-refractivity contribution in [1.29, 1.82) is 0 Å². The summed E-state index contributed by atoms with van der Waals surface area (Å²) < 4.78 is 32.3. The fourth-order valence-electron chi connectivity index (χ4n) is 2.90. The molecule has 0 saturated heterocycles. The Kier molecular flexibility index (Phi) is 7.07. The van der Waals surface area contributed by atoms with Gasteiger partial charge in [0.2, 0.25) is 5.91 Å². The largest absolute Gasteiger partial charge is 0.492 e. The van der Waals surface area contributed by atoms with Gasteiger partial charge in [-0.25, -0.2) is 8.42 Å². The van der Waals surface area contributed by atoms with E-state index in [0.717, 1.165) is 17.9 Å². The predicted molar refractivity (Wildman–Crippen MR) is 115 cm³/mol. The molecule has 160 valence electrons. The lowest BCUT2D eigenvalue weighted by atomic mass is 10.2. The van der Waals surface area contributed by atoms with Crippen LogP contribution in [0.4, 0.5) is 0 Å². The first kappa shape index (κ1) is 21.8.